The molecule has 1 heterocycles. The van der Waals surface area contributed by atoms with Crippen LogP contribution in [-0.4, -0.2) is 17.1 Å². The summed E-state index contributed by atoms with van der Waals surface area (Å²) in [6, 6.07) is 17.4. The maximum atomic E-state index is 12.0. The lowest BCUT2D eigenvalue weighted by atomic mass is 9.99. The smallest absolute Gasteiger partial charge is 0.350 e. The number of carbonyl (C=O) groups excluding carboxylic acids is 1. The Morgan fingerprint density at radius 3 is 2.42 bits per heavy atom. The molecule has 2 aromatic carbocycles. The van der Waals surface area contributed by atoms with E-state index in [-0.39, 0.29) is 17.8 Å². The Labute approximate surface area is 151 Å². The van der Waals surface area contributed by atoms with Crippen molar-refractivity contribution in [3.8, 4) is 12.1 Å². The first-order chi connectivity index (χ1) is 12.7. The van der Waals surface area contributed by atoms with Crippen molar-refractivity contribution in [2.45, 2.75) is 20.4 Å². The lowest BCUT2D eigenvalue weighted by Gasteiger charge is -2.06. The minimum Gasteiger partial charge on any atom is -0.462 e. The maximum absolute atomic E-state index is 12.0. The van der Waals surface area contributed by atoms with Gasteiger partial charge in [0.15, 0.2) is 5.57 Å². The number of rotatable bonds is 4. The molecule has 0 aliphatic rings. The van der Waals surface area contributed by atoms with Gasteiger partial charge >= 0.3 is 5.97 Å². The minimum atomic E-state index is -0.775. The zero-order valence-electron chi connectivity index (χ0n) is 14.6. The van der Waals surface area contributed by atoms with Crippen LogP contribution in [0.2, 0.25) is 0 Å². The average Bonchev–Trinajstić information content (AvgIpc) is 2.99. The molecule has 0 saturated heterocycles. The number of nitrogens with zero attached hydrogens (tertiary/aromatic N) is 3. The van der Waals surface area contributed by atoms with E-state index >= 15 is 0 Å². The van der Waals surface area contributed by atoms with Crippen LogP contribution in [-0.2, 0) is 16.1 Å². The van der Waals surface area contributed by atoms with Gasteiger partial charge in [0.2, 0.25) is 0 Å². The van der Waals surface area contributed by atoms with Crippen LogP contribution in [0.4, 0.5) is 0 Å². The van der Waals surface area contributed by atoms with Gasteiger partial charge in [0, 0.05) is 28.4 Å². The number of fused-ring (bicyclic) bond motifs is 3. The molecule has 3 aromatic rings. The summed E-state index contributed by atoms with van der Waals surface area (Å²) in [5.74, 6) is -0.775. The van der Waals surface area contributed by atoms with Crippen molar-refractivity contribution in [2.75, 3.05) is 6.61 Å². The van der Waals surface area contributed by atoms with Crippen LogP contribution in [0.3, 0.4) is 0 Å². The lowest BCUT2D eigenvalue weighted by Crippen LogP contribution is -2.08. The van der Waals surface area contributed by atoms with Crippen molar-refractivity contribution in [1.82, 2.24) is 4.57 Å². The fourth-order valence-electron chi connectivity index (χ4n) is 3.22. The molecule has 0 bridgehead atoms. The van der Waals surface area contributed by atoms with Gasteiger partial charge in [0.25, 0.3) is 0 Å². The monoisotopic (exact) mass is 343 g/mol. The van der Waals surface area contributed by atoms with E-state index in [1.807, 2.05) is 42.5 Å². The van der Waals surface area contributed by atoms with Gasteiger partial charge in [-0.15, -0.1) is 0 Å². The molecule has 0 aliphatic carbocycles. The zero-order valence-corrected chi connectivity index (χ0v) is 14.6. The third-order valence-corrected chi connectivity index (χ3v) is 4.33. The Bertz CT molecular complexity index is 1120. The minimum absolute atomic E-state index is 0.0289. The summed E-state index contributed by atoms with van der Waals surface area (Å²) < 4.78 is 7.10. The van der Waals surface area contributed by atoms with E-state index in [4.69, 9.17) is 4.74 Å². The van der Waals surface area contributed by atoms with E-state index in [0.29, 0.717) is 5.56 Å². The Kier molecular flexibility index (Phi) is 4.73. The number of aromatic nitrogens is 1. The third kappa shape index (κ3) is 2.70. The highest BCUT2D eigenvalue weighted by molar-refractivity contribution is 6.11. The summed E-state index contributed by atoms with van der Waals surface area (Å²) in [5.41, 5.74) is 2.44. The van der Waals surface area contributed by atoms with Gasteiger partial charge in [0.05, 0.1) is 12.2 Å². The molecule has 0 radical (unpaired) electrons. The SMILES string of the molecule is CCOC(=O)/C(C#N)=C(/C#N)c1ccc2c(c1)c1ccccc1n2CC. The van der Waals surface area contributed by atoms with Crippen LogP contribution < -0.4 is 0 Å². The molecule has 5 nitrogen and oxygen atoms in total. The number of ether oxygens (including phenoxy) is 1. The van der Waals surface area contributed by atoms with Gasteiger partial charge in [-0.1, -0.05) is 24.3 Å². The third-order valence-electron chi connectivity index (χ3n) is 4.33. The van der Waals surface area contributed by atoms with Crippen molar-refractivity contribution < 1.29 is 9.53 Å². The van der Waals surface area contributed by atoms with Gasteiger partial charge in [-0.05, 0) is 37.6 Å². The Hall–Kier alpha value is -3.57. The molecule has 1 aromatic heterocycles. The molecular formula is C21H17N3O2. The van der Waals surface area contributed by atoms with Gasteiger partial charge in [-0.25, -0.2) is 4.79 Å². The molecule has 26 heavy (non-hydrogen) atoms. The summed E-state index contributed by atoms with van der Waals surface area (Å²) in [6.45, 7) is 4.70. The fraction of sp³-hybridized carbons (Fsp3) is 0.190. The van der Waals surface area contributed by atoms with Crippen LogP contribution >= 0.6 is 0 Å². The van der Waals surface area contributed by atoms with Crippen molar-refractivity contribution in [3.63, 3.8) is 0 Å². The van der Waals surface area contributed by atoms with E-state index in [9.17, 15) is 15.3 Å². The molecule has 0 unspecified atom stereocenters. The highest BCUT2D eigenvalue weighted by Crippen LogP contribution is 2.32. The van der Waals surface area contributed by atoms with Crippen LogP contribution in [0.5, 0.6) is 0 Å². The number of allylic oxidation sites excluding steroid dienone is 1. The topological polar surface area (TPSA) is 78.8 Å². The zero-order chi connectivity index (χ0) is 18.7. The van der Waals surface area contributed by atoms with Crippen molar-refractivity contribution in [1.29, 1.82) is 10.5 Å². The van der Waals surface area contributed by atoms with Crippen molar-refractivity contribution in [3.05, 3.63) is 53.6 Å². The number of para-hydroxylation sites is 1. The van der Waals surface area contributed by atoms with Crippen LogP contribution in [0.25, 0.3) is 27.4 Å². The maximum Gasteiger partial charge on any atom is 0.350 e. The standard InChI is InChI=1S/C21H17N3O2/c1-3-24-19-8-6-5-7-15(19)16-11-14(9-10-20(16)24)17(12-22)18(13-23)21(25)26-4-2/h5-11H,3-4H2,1-2H3/b18-17-. The predicted octanol–water partition coefficient (Wildman–Crippen LogP) is 4.18. The van der Waals surface area contributed by atoms with Gasteiger partial charge in [-0.3, -0.25) is 0 Å². The average molecular weight is 343 g/mol. The quantitative estimate of drug-likeness (QED) is 0.404. The largest absolute Gasteiger partial charge is 0.462 e. The van der Waals surface area contributed by atoms with Gasteiger partial charge in [-0.2, -0.15) is 10.5 Å². The molecule has 0 fully saturated rings. The first-order valence-electron chi connectivity index (χ1n) is 8.39. The van der Waals surface area contributed by atoms with Crippen LogP contribution in [0.1, 0.15) is 19.4 Å². The number of hydrogen-bond donors (Lipinski definition) is 0. The molecule has 5 heteroatoms. The van der Waals surface area contributed by atoms with E-state index in [2.05, 4.69) is 17.6 Å². The number of esters is 1. The summed E-state index contributed by atoms with van der Waals surface area (Å²) in [7, 11) is 0. The fourth-order valence-corrected chi connectivity index (χ4v) is 3.22. The first kappa shape index (κ1) is 17.3. The molecule has 3 rings (SSSR count). The molecule has 0 N–H and O–H groups in total. The normalized spacial score (nSPS) is 11.7. The Morgan fingerprint density at radius 2 is 1.77 bits per heavy atom. The number of aryl methyl sites for hydroxylation is 1. The second kappa shape index (κ2) is 7.13. The molecule has 0 amide bonds. The van der Waals surface area contributed by atoms with Crippen molar-refractivity contribution >= 4 is 33.3 Å². The Morgan fingerprint density at radius 1 is 1.04 bits per heavy atom. The number of benzene rings is 2. The van der Waals surface area contributed by atoms with Gasteiger partial charge < -0.3 is 9.30 Å². The first-order valence-corrected chi connectivity index (χ1v) is 8.39. The highest BCUT2D eigenvalue weighted by Gasteiger charge is 2.19. The second-order valence-electron chi connectivity index (χ2n) is 5.69. The number of hydrogen-bond acceptors (Lipinski definition) is 4. The molecule has 0 saturated carbocycles. The van der Waals surface area contributed by atoms with E-state index in [1.54, 1.807) is 13.0 Å². The predicted molar refractivity (Wildman–Crippen MR) is 99.9 cm³/mol. The van der Waals surface area contributed by atoms with Gasteiger partial charge in [0.1, 0.15) is 12.1 Å². The molecule has 0 spiro atoms. The van der Waals surface area contributed by atoms with Crippen molar-refractivity contribution in [2.24, 2.45) is 0 Å². The summed E-state index contributed by atoms with van der Waals surface area (Å²) in [5, 5.41) is 21.0. The van der Waals surface area contributed by atoms with Crippen LogP contribution in [0.15, 0.2) is 48.0 Å². The van der Waals surface area contributed by atoms with E-state index in [0.717, 1.165) is 28.4 Å². The highest BCUT2D eigenvalue weighted by atomic mass is 16.5. The summed E-state index contributed by atoms with van der Waals surface area (Å²) in [6.07, 6.45) is 0. The van der Waals surface area contributed by atoms with E-state index < -0.39 is 5.97 Å². The molecule has 128 valence electrons. The molecule has 0 aliphatic heterocycles. The molecule has 0 atom stereocenters. The second-order valence-corrected chi connectivity index (χ2v) is 5.69. The summed E-state index contributed by atoms with van der Waals surface area (Å²) in [4.78, 5) is 12.0. The Balaban J connectivity index is 2.29. The number of nitriles is 2. The number of carbonyl (C=O) groups is 1. The lowest BCUT2D eigenvalue weighted by molar-refractivity contribution is -0.137. The van der Waals surface area contributed by atoms with Crippen LogP contribution in [0, 0.1) is 22.7 Å². The molecular weight excluding hydrogens is 326 g/mol. The summed E-state index contributed by atoms with van der Waals surface area (Å²) >= 11 is 0. The van der Waals surface area contributed by atoms with E-state index in [1.165, 1.54) is 0 Å².